The Morgan fingerprint density at radius 3 is 1.32 bits per heavy atom. The van der Waals surface area contributed by atoms with Crippen LogP contribution < -0.4 is 16.0 Å². The van der Waals surface area contributed by atoms with Crippen LogP contribution in [-0.2, 0) is 76.1 Å². The third-order valence-electron chi connectivity index (χ3n) is 15.6. The number of nitrogens with one attached hydrogen (secondary N) is 3. The normalized spacial score (nSPS) is 44.6. The highest BCUT2D eigenvalue weighted by Gasteiger charge is 2.63. The quantitative estimate of drug-likeness (QED) is 0.0404. The van der Waals surface area contributed by atoms with Crippen LogP contribution in [0, 0.1) is 0 Å². The number of hydrogen-bond donors (Lipinski definition) is 24. The van der Waals surface area contributed by atoms with E-state index in [2.05, 4.69) is 16.0 Å². The van der Waals surface area contributed by atoms with Crippen LogP contribution in [0.5, 0.6) is 0 Å². The Kier molecular flexibility index (Phi) is 25.6. The van der Waals surface area contributed by atoms with E-state index in [-0.39, 0.29) is 0 Å². The summed E-state index contributed by atoms with van der Waals surface area (Å²) >= 11 is 0. The molecule has 0 aliphatic carbocycles. The minimum absolute atomic E-state index is 0.854. The van der Waals surface area contributed by atoms with Gasteiger partial charge in [0, 0.05) is 33.6 Å². The van der Waals surface area contributed by atoms with Gasteiger partial charge < -0.3 is 175 Å². The molecule has 40 heteroatoms. The minimum Gasteiger partial charge on any atom is -0.477 e. The number of carboxylic acid groups (broad SMARTS) is 2. The Hall–Kier alpha value is -3.85. The molecular weight excluding hydrogens is 1210 g/mol. The standard InChI is InChI=1S/C48H79N3O37/c1-12(57)49-23-15(60)4-47(45(74)75,86-37(23)26(64)17(62)6-52)78-11-22-30(68)36(25(51-14(3)59)42(82-22)85-39-28(66)19(8-54)80-43(33(39)71)83-35-21(10-56)79-41(73)32(70)31(35)69)84-44-34(72)40(29(67)20(9-55)81-44)88-48(46(76)77)5-16(61)24(50-13(2)58)38(87-48)27(65)18(63)7-53/h15-44,52-56,60-73H,4-11H2,1-3H3,(H,49,57)(H,50,58)(H,51,59)(H,74,75)(H,76,77)/t15-,16-,17+,18+,19+,20+,21+,22+,23+,24+,25+,26+,27+,28-,29-,30+,31+,32+,33+,34+,35+,36+,37+,38+,39-,40-,41-,42-,43-,44-,47+,48-/m0/s1. The second-order valence-corrected chi connectivity index (χ2v) is 21.9. The van der Waals surface area contributed by atoms with Gasteiger partial charge in [-0.2, -0.15) is 0 Å². The van der Waals surface area contributed by atoms with Gasteiger partial charge in [0.25, 0.3) is 11.6 Å². The number of hydrogen-bond acceptors (Lipinski definition) is 35. The average Bonchev–Trinajstić information content (AvgIpc) is 0.809. The zero-order valence-corrected chi connectivity index (χ0v) is 46.9. The highest BCUT2D eigenvalue weighted by atomic mass is 16.8. The van der Waals surface area contributed by atoms with Gasteiger partial charge in [0.05, 0.1) is 63.9 Å². The van der Waals surface area contributed by atoms with E-state index >= 15 is 0 Å². The maximum atomic E-state index is 13.3. The fourth-order valence-electron chi connectivity index (χ4n) is 11.0. The van der Waals surface area contributed by atoms with Crippen LogP contribution >= 0.6 is 0 Å². The third-order valence-corrected chi connectivity index (χ3v) is 15.6. The Morgan fingerprint density at radius 1 is 0.466 bits per heavy atom. The first kappa shape index (κ1) is 73.2. The molecule has 40 nitrogen and oxygen atoms in total. The molecule has 6 aliphatic rings. The molecule has 6 rings (SSSR count). The van der Waals surface area contributed by atoms with E-state index in [1.807, 2.05) is 0 Å². The lowest BCUT2D eigenvalue weighted by Gasteiger charge is -2.52. The van der Waals surface area contributed by atoms with Gasteiger partial charge >= 0.3 is 11.9 Å². The van der Waals surface area contributed by atoms with Gasteiger partial charge in [0.2, 0.25) is 17.7 Å². The highest BCUT2D eigenvalue weighted by molar-refractivity contribution is 5.77. The number of amides is 3. The lowest BCUT2D eigenvalue weighted by Crippen LogP contribution is -2.72. The Labute approximate surface area is 496 Å². The second kappa shape index (κ2) is 30.7. The molecule has 0 radical (unpaired) electrons. The summed E-state index contributed by atoms with van der Waals surface area (Å²) in [5.74, 6) is -13.7. The van der Waals surface area contributed by atoms with Crippen LogP contribution in [0.4, 0.5) is 0 Å². The van der Waals surface area contributed by atoms with E-state index < -0.39 is 277 Å². The van der Waals surface area contributed by atoms with Crippen LogP contribution in [0.1, 0.15) is 33.6 Å². The van der Waals surface area contributed by atoms with Crippen molar-refractivity contribution in [3.8, 4) is 0 Å². The monoisotopic (exact) mass is 1290 g/mol. The van der Waals surface area contributed by atoms with Crippen molar-refractivity contribution < 1.29 is 183 Å². The summed E-state index contributed by atoms with van der Waals surface area (Å²) in [5.41, 5.74) is 0. The lowest BCUT2D eigenvalue weighted by atomic mass is 9.88. The van der Waals surface area contributed by atoms with Crippen molar-refractivity contribution in [2.75, 3.05) is 39.6 Å². The molecule has 6 saturated heterocycles. The van der Waals surface area contributed by atoms with E-state index in [0.29, 0.717) is 0 Å². The number of aliphatic hydroxyl groups is 19. The zero-order valence-electron chi connectivity index (χ0n) is 46.9. The van der Waals surface area contributed by atoms with E-state index in [1.165, 1.54) is 0 Å². The number of aliphatic carboxylic acids is 2. The summed E-state index contributed by atoms with van der Waals surface area (Å²) in [6, 6.07) is -5.63. The average molecular weight is 1290 g/mol. The molecule has 24 N–H and O–H groups in total. The molecule has 32 atom stereocenters. The molecule has 508 valence electrons. The number of rotatable bonds is 25. The molecule has 0 unspecified atom stereocenters. The molecule has 6 aliphatic heterocycles. The van der Waals surface area contributed by atoms with Gasteiger partial charge in [-0.15, -0.1) is 0 Å². The first-order chi connectivity index (χ1) is 41.2. The number of aliphatic hydroxyl groups excluding tert-OH is 19. The Balaban J connectivity index is 1.43. The predicted molar refractivity (Wildman–Crippen MR) is 268 cm³/mol. The van der Waals surface area contributed by atoms with Gasteiger partial charge in [-0.05, 0) is 0 Å². The number of carbonyl (C=O) groups is 5. The smallest absolute Gasteiger partial charge is 0.364 e. The Morgan fingerprint density at radius 2 is 0.864 bits per heavy atom. The van der Waals surface area contributed by atoms with E-state index in [0.717, 1.165) is 20.8 Å². The first-order valence-corrected chi connectivity index (χ1v) is 27.4. The predicted octanol–water partition coefficient (Wildman–Crippen LogP) is -15.3. The van der Waals surface area contributed by atoms with Gasteiger partial charge in [-0.3, -0.25) is 14.4 Å². The van der Waals surface area contributed by atoms with Crippen molar-refractivity contribution in [1.82, 2.24) is 16.0 Å². The van der Waals surface area contributed by atoms with Crippen molar-refractivity contribution >= 4 is 29.7 Å². The molecular formula is C48H79N3O37. The van der Waals surface area contributed by atoms with E-state index in [4.69, 9.17) is 52.1 Å². The van der Waals surface area contributed by atoms with E-state index in [1.54, 1.807) is 0 Å². The summed E-state index contributed by atoms with van der Waals surface area (Å²) in [5, 5.41) is 234. The molecule has 6 fully saturated rings. The molecule has 0 aromatic rings. The fourth-order valence-corrected chi connectivity index (χ4v) is 11.0. The number of carboxylic acids is 2. The van der Waals surface area contributed by atoms with Gasteiger partial charge in [-0.1, -0.05) is 0 Å². The SMILES string of the molecule is CC(=O)N[C@H]1[C@H](O[C@H]2[C@@H](O)[C@@H](CO)O[C@@H](O[C@H]3[C@H](O)[C@@H](O)[C@@H](O)O[C@@H]3CO)[C@@H]2O)O[C@H](CO[C@]2(C(=O)O)C[C@H](O)[C@@H](NC(C)=O)[C@H]([C@H](O)[C@H](O)CO)O2)[C@@H](O)[C@@H]1O[C@@H]1O[C@H](CO)[C@H](O)[C@H](O[C@]2(C(=O)O)C[C@H](O)[C@@H](NC(C)=O)[C@H]([C@H](O)[C@H](O)CO)O2)[C@H]1O. The Bertz CT molecular complexity index is 2320. The minimum atomic E-state index is -3.34. The molecule has 0 saturated carbocycles. The van der Waals surface area contributed by atoms with Crippen molar-refractivity contribution in [1.29, 1.82) is 0 Å². The van der Waals surface area contributed by atoms with Gasteiger partial charge in [0.15, 0.2) is 25.2 Å². The summed E-state index contributed by atoms with van der Waals surface area (Å²) in [7, 11) is 0. The molecule has 0 spiro atoms. The van der Waals surface area contributed by atoms with Crippen molar-refractivity contribution in [3.05, 3.63) is 0 Å². The van der Waals surface area contributed by atoms with E-state index in [9.17, 15) is 131 Å². The molecule has 0 aromatic carbocycles. The summed E-state index contributed by atoms with van der Waals surface area (Å²) in [4.78, 5) is 64.1. The van der Waals surface area contributed by atoms with Crippen LogP contribution in [0.25, 0.3) is 0 Å². The summed E-state index contributed by atoms with van der Waals surface area (Å²) < 4.78 is 63.1. The third kappa shape index (κ3) is 15.8. The maximum absolute atomic E-state index is 13.3. The van der Waals surface area contributed by atoms with Gasteiger partial charge in [0.1, 0.15) is 134 Å². The summed E-state index contributed by atoms with van der Waals surface area (Å²) in [6.07, 6.45) is -62.1. The molecule has 0 aromatic heterocycles. The largest absolute Gasteiger partial charge is 0.477 e. The topological polar surface area (TPSA) is 648 Å². The van der Waals surface area contributed by atoms with Gasteiger partial charge in [-0.25, -0.2) is 9.59 Å². The zero-order chi connectivity index (χ0) is 65.8. The van der Waals surface area contributed by atoms with Crippen molar-refractivity contribution in [2.24, 2.45) is 0 Å². The fraction of sp³-hybridized carbons (Fsp3) is 0.896. The van der Waals surface area contributed by atoms with Crippen LogP contribution in [0.15, 0.2) is 0 Å². The van der Waals surface area contributed by atoms with Crippen LogP contribution in [0.2, 0.25) is 0 Å². The first-order valence-electron chi connectivity index (χ1n) is 27.4. The molecule has 0 bridgehead atoms. The molecule has 6 heterocycles. The van der Waals surface area contributed by atoms with Crippen LogP contribution in [-0.4, -0.2) is 372 Å². The summed E-state index contributed by atoms with van der Waals surface area (Å²) in [6.45, 7) is -4.43. The highest BCUT2D eigenvalue weighted by Crippen LogP contribution is 2.41. The second-order valence-electron chi connectivity index (χ2n) is 21.9. The van der Waals surface area contributed by atoms with Crippen molar-refractivity contribution in [3.63, 3.8) is 0 Å². The van der Waals surface area contributed by atoms with Crippen LogP contribution in [0.3, 0.4) is 0 Å². The maximum Gasteiger partial charge on any atom is 0.364 e. The molecule has 88 heavy (non-hydrogen) atoms. The van der Waals surface area contributed by atoms with Crippen molar-refractivity contribution in [2.45, 2.75) is 229 Å². The molecule has 3 amide bonds. The number of carbonyl (C=O) groups excluding carboxylic acids is 3. The lowest BCUT2D eigenvalue weighted by molar-refractivity contribution is -0.391. The number of ether oxygens (including phenoxy) is 11.